The maximum atomic E-state index is 13.8. The van der Waals surface area contributed by atoms with Crippen LogP contribution in [-0.4, -0.2) is 22.9 Å². The fraction of sp³-hybridized carbons (Fsp3) is 0.167. The van der Waals surface area contributed by atoms with Crippen LogP contribution in [-0.2, 0) is 11.3 Å². The molecule has 2 rings (SSSR count). The number of esters is 1. The Hall–Kier alpha value is -1.96. The molecule has 0 aliphatic heterocycles. The lowest BCUT2D eigenvalue weighted by Crippen LogP contribution is -2.09. The van der Waals surface area contributed by atoms with Crippen molar-refractivity contribution in [2.45, 2.75) is 6.54 Å². The summed E-state index contributed by atoms with van der Waals surface area (Å²) in [5, 5.41) is 3.86. The molecule has 20 heavy (non-hydrogen) atoms. The predicted molar refractivity (Wildman–Crippen MR) is 71.1 cm³/mol. The van der Waals surface area contributed by atoms with Crippen LogP contribution < -0.4 is 5.73 Å². The molecule has 0 amide bonds. The average molecular weight is 346 g/mol. The highest BCUT2D eigenvalue weighted by molar-refractivity contribution is 9.10. The van der Waals surface area contributed by atoms with Gasteiger partial charge >= 0.3 is 5.97 Å². The van der Waals surface area contributed by atoms with E-state index in [9.17, 15) is 13.6 Å². The Balaban J connectivity index is 2.36. The molecule has 5 nitrogen and oxygen atoms in total. The number of nitrogens with two attached hydrogens (primary N) is 1. The molecule has 1 aromatic heterocycles. The summed E-state index contributed by atoms with van der Waals surface area (Å²) >= 11 is 2.98. The van der Waals surface area contributed by atoms with Crippen LogP contribution in [0.15, 0.2) is 22.8 Å². The lowest BCUT2D eigenvalue weighted by atomic mass is 10.2. The van der Waals surface area contributed by atoms with Gasteiger partial charge in [0.15, 0.2) is 5.69 Å². The number of carbonyl (C=O) groups excluding carboxylic acids is 1. The van der Waals surface area contributed by atoms with Gasteiger partial charge < -0.3 is 10.5 Å². The van der Waals surface area contributed by atoms with Crippen LogP contribution in [0.2, 0.25) is 0 Å². The van der Waals surface area contributed by atoms with Gasteiger partial charge in [-0.05, 0) is 28.1 Å². The number of halogens is 3. The van der Waals surface area contributed by atoms with Crippen LogP contribution in [0.25, 0.3) is 0 Å². The van der Waals surface area contributed by atoms with Crippen molar-refractivity contribution < 1.29 is 18.3 Å². The number of nitrogens with zero attached hydrogens (tertiary/aromatic N) is 2. The van der Waals surface area contributed by atoms with Crippen LogP contribution >= 0.6 is 15.9 Å². The summed E-state index contributed by atoms with van der Waals surface area (Å²) in [6.45, 7) is -0.196. The van der Waals surface area contributed by atoms with Gasteiger partial charge in [0.25, 0.3) is 0 Å². The van der Waals surface area contributed by atoms with Crippen molar-refractivity contribution in [3.63, 3.8) is 0 Å². The summed E-state index contributed by atoms with van der Waals surface area (Å²) < 4.78 is 33.3. The second-order valence-electron chi connectivity index (χ2n) is 3.94. The van der Waals surface area contributed by atoms with Gasteiger partial charge in [0, 0.05) is 11.8 Å². The summed E-state index contributed by atoms with van der Waals surface area (Å²) in [6, 6.07) is 2.40. The van der Waals surface area contributed by atoms with E-state index in [1.807, 2.05) is 0 Å². The minimum atomic E-state index is -0.723. The summed E-state index contributed by atoms with van der Waals surface area (Å²) in [4.78, 5) is 11.4. The fourth-order valence-electron chi connectivity index (χ4n) is 1.65. The molecule has 0 radical (unpaired) electrons. The molecule has 1 aromatic carbocycles. The molecule has 0 fully saturated rings. The molecule has 8 heteroatoms. The molecule has 0 saturated heterocycles. The van der Waals surface area contributed by atoms with Gasteiger partial charge in [-0.3, -0.25) is 4.68 Å². The van der Waals surface area contributed by atoms with E-state index in [-0.39, 0.29) is 28.0 Å². The Labute approximate surface area is 121 Å². The Morgan fingerprint density at radius 1 is 1.50 bits per heavy atom. The lowest BCUT2D eigenvalue weighted by Gasteiger charge is -2.06. The Bertz CT molecular complexity index is 673. The number of benzene rings is 1. The average Bonchev–Trinajstić information content (AvgIpc) is 2.79. The maximum Gasteiger partial charge on any atom is 0.360 e. The minimum absolute atomic E-state index is 0.0765. The zero-order chi connectivity index (χ0) is 14.9. The number of nitrogen functional groups attached to an aromatic ring is 1. The number of aromatic nitrogens is 2. The van der Waals surface area contributed by atoms with Crippen molar-refractivity contribution in [1.29, 1.82) is 0 Å². The molecule has 2 N–H and O–H groups in total. The molecule has 0 bridgehead atoms. The topological polar surface area (TPSA) is 70.1 Å². The Morgan fingerprint density at radius 3 is 2.85 bits per heavy atom. The fourth-order valence-corrected chi connectivity index (χ4v) is 2.02. The van der Waals surface area contributed by atoms with Crippen molar-refractivity contribution in [3.8, 4) is 0 Å². The third-order valence-electron chi connectivity index (χ3n) is 2.63. The van der Waals surface area contributed by atoms with Crippen molar-refractivity contribution in [2.24, 2.45) is 0 Å². The Kier molecular flexibility index (Phi) is 4.03. The molecule has 0 aliphatic rings. The van der Waals surface area contributed by atoms with Crippen LogP contribution in [0.4, 0.5) is 14.5 Å². The Morgan fingerprint density at radius 2 is 2.20 bits per heavy atom. The van der Waals surface area contributed by atoms with Gasteiger partial charge in [0.2, 0.25) is 0 Å². The first-order chi connectivity index (χ1) is 9.43. The first kappa shape index (κ1) is 14.4. The predicted octanol–water partition coefficient (Wildman–Crippen LogP) is 2.34. The molecule has 0 unspecified atom stereocenters. The highest BCUT2D eigenvalue weighted by Crippen LogP contribution is 2.23. The smallest absolute Gasteiger partial charge is 0.360 e. The third kappa shape index (κ3) is 2.64. The molecule has 0 aliphatic carbocycles. The number of ether oxygens (including phenoxy) is 1. The number of hydrogen-bond donors (Lipinski definition) is 1. The number of carbonyl (C=O) groups is 1. The largest absolute Gasteiger partial charge is 0.464 e. The van der Waals surface area contributed by atoms with Crippen LogP contribution in [0, 0.1) is 11.6 Å². The molecular weight excluding hydrogens is 336 g/mol. The molecule has 0 atom stereocenters. The van der Waals surface area contributed by atoms with E-state index in [1.165, 1.54) is 24.1 Å². The lowest BCUT2D eigenvalue weighted by molar-refractivity contribution is 0.0594. The number of methoxy groups -OCH3 is 1. The second-order valence-corrected chi connectivity index (χ2v) is 4.80. The van der Waals surface area contributed by atoms with Gasteiger partial charge in [-0.1, -0.05) is 0 Å². The van der Waals surface area contributed by atoms with Gasteiger partial charge in [-0.15, -0.1) is 0 Å². The number of hydrogen-bond acceptors (Lipinski definition) is 4. The van der Waals surface area contributed by atoms with E-state index in [0.717, 1.165) is 6.07 Å². The number of anilines is 1. The van der Waals surface area contributed by atoms with Crippen LogP contribution in [0.3, 0.4) is 0 Å². The van der Waals surface area contributed by atoms with E-state index in [2.05, 4.69) is 25.8 Å². The molecule has 1 heterocycles. The highest BCUT2D eigenvalue weighted by atomic mass is 79.9. The highest BCUT2D eigenvalue weighted by Gasteiger charge is 2.18. The standard InChI is InChI=1S/C12H10BrF2N3O2/c1-20-12(19)11-9(16)5-18(17-11)4-6-8(14)3-2-7(13)10(6)15/h2-3,5H,4,16H2,1H3. The van der Waals surface area contributed by atoms with Crippen molar-refractivity contribution in [3.05, 3.63) is 45.7 Å². The molecule has 0 saturated carbocycles. The molecule has 106 valence electrons. The van der Waals surface area contributed by atoms with E-state index in [1.54, 1.807) is 0 Å². The van der Waals surface area contributed by atoms with Gasteiger partial charge in [0.05, 0.1) is 23.8 Å². The van der Waals surface area contributed by atoms with E-state index < -0.39 is 17.6 Å². The van der Waals surface area contributed by atoms with Crippen molar-refractivity contribution >= 4 is 27.6 Å². The zero-order valence-corrected chi connectivity index (χ0v) is 11.9. The molecule has 0 spiro atoms. The quantitative estimate of drug-likeness (QED) is 0.684. The van der Waals surface area contributed by atoms with Crippen LogP contribution in [0.1, 0.15) is 16.1 Å². The van der Waals surface area contributed by atoms with Crippen molar-refractivity contribution in [2.75, 3.05) is 12.8 Å². The van der Waals surface area contributed by atoms with Gasteiger partial charge in [-0.25, -0.2) is 13.6 Å². The first-order valence-corrected chi connectivity index (χ1v) is 6.27. The van der Waals surface area contributed by atoms with Crippen LogP contribution in [0.5, 0.6) is 0 Å². The van der Waals surface area contributed by atoms with E-state index >= 15 is 0 Å². The first-order valence-electron chi connectivity index (χ1n) is 5.47. The van der Waals surface area contributed by atoms with E-state index in [0.29, 0.717) is 0 Å². The third-order valence-corrected chi connectivity index (χ3v) is 3.24. The molecular formula is C12H10BrF2N3O2. The van der Waals surface area contributed by atoms with Gasteiger partial charge in [0.1, 0.15) is 11.6 Å². The number of rotatable bonds is 3. The maximum absolute atomic E-state index is 13.8. The second kappa shape index (κ2) is 5.58. The van der Waals surface area contributed by atoms with Crippen molar-refractivity contribution in [1.82, 2.24) is 9.78 Å². The normalized spacial score (nSPS) is 10.6. The summed E-state index contributed by atoms with van der Waals surface area (Å²) in [5.74, 6) is -2.14. The summed E-state index contributed by atoms with van der Waals surface area (Å²) in [6.07, 6.45) is 1.31. The zero-order valence-electron chi connectivity index (χ0n) is 10.4. The van der Waals surface area contributed by atoms with Gasteiger partial charge in [-0.2, -0.15) is 5.10 Å². The minimum Gasteiger partial charge on any atom is -0.464 e. The SMILES string of the molecule is COC(=O)c1nn(Cc2c(F)ccc(Br)c2F)cc1N. The monoisotopic (exact) mass is 345 g/mol. The summed E-state index contributed by atoms with van der Waals surface area (Å²) in [5.41, 5.74) is 5.40. The van der Waals surface area contributed by atoms with E-state index in [4.69, 9.17) is 5.73 Å². The summed E-state index contributed by atoms with van der Waals surface area (Å²) in [7, 11) is 1.19. The molecule has 2 aromatic rings.